The molecule has 2 aromatic rings. The molecule has 0 atom stereocenters. The van der Waals surface area contributed by atoms with Crippen LogP contribution in [0.1, 0.15) is 26.3 Å². The number of methoxy groups -OCH3 is 1. The molecule has 0 heterocycles. The van der Waals surface area contributed by atoms with E-state index in [4.69, 9.17) is 9.47 Å². The van der Waals surface area contributed by atoms with Gasteiger partial charge in [0.2, 0.25) is 0 Å². The highest BCUT2D eigenvalue weighted by atomic mass is 127. The number of carbonyl (C=O) groups excluding carboxylic acids is 2. The average Bonchev–Trinajstić information content (AvgIpc) is 2.50. The number of halogens is 1. The maximum Gasteiger partial charge on any atom is 0.343 e. The summed E-state index contributed by atoms with van der Waals surface area (Å²) >= 11 is 2.15. The van der Waals surface area contributed by atoms with E-state index in [1.54, 1.807) is 30.3 Å². The van der Waals surface area contributed by atoms with Crippen LogP contribution >= 0.6 is 22.6 Å². The monoisotopic (exact) mass is 396 g/mol. The number of aryl methyl sites for hydroxylation is 1. The lowest BCUT2D eigenvalue weighted by atomic mass is 10.1. The van der Waals surface area contributed by atoms with E-state index in [0.717, 1.165) is 9.13 Å². The van der Waals surface area contributed by atoms with Crippen molar-refractivity contribution in [3.8, 4) is 11.5 Å². The van der Waals surface area contributed by atoms with Crippen molar-refractivity contribution in [2.45, 2.75) is 6.92 Å². The first-order chi connectivity index (χ1) is 10.1. The van der Waals surface area contributed by atoms with Gasteiger partial charge < -0.3 is 9.47 Å². The zero-order chi connectivity index (χ0) is 15.4. The van der Waals surface area contributed by atoms with Gasteiger partial charge in [0.1, 0.15) is 0 Å². The summed E-state index contributed by atoms with van der Waals surface area (Å²) in [4.78, 5) is 23.3. The normalized spacial score (nSPS) is 10.0. The maximum atomic E-state index is 12.2. The zero-order valence-electron chi connectivity index (χ0n) is 11.6. The molecule has 0 spiro atoms. The summed E-state index contributed by atoms with van der Waals surface area (Å²) in [5.41, 5.74) is 1.77. The molecule has 0 aliphatic rings. The molecular weight excluding hydrogens is 383 g/mol. The van der Waals surface area contributed by atoms with Gasteiger partial charge in [0.25, 0.3) is 0 Å². The minimum absolute atomic E-state index is 0.135. The Labute approximate surface area is 136 Å². The third-order valence-electron chi connectivity index (χ3n) is 2.96. The van der Waals surface area contributed by atoms with Gasteiger partial charge in [0.05, 0.1) is 18.2 Å². The van der Waals surface area contributed by atoms with Gasteiger partial charge in [0, 0.05) is 3.57 Å². The highest BCUT2D eigenvalue weighted by Gasteiger charge is 2.16. The second-order valence-corrected chi connectivity index (χ2v) is 5.51. The van der Waals surface area contributed by atoms with Gasteiger partial charge in [-0.25, -0.2) is 4.79 Å². The topological polar surface area (TPSA) is 52.6 Å². The summed E-state index contributed by atoms with van der Waals surface area (Å²) in [7, 11) is 1.45. The standard InChI is InChI=1S/C16H13IO4/c1-10-6-7-11(8-13(10)17)16(19)21-15-12(9-18)4-3-5-14(15)20-2/h3-9H,1-2H3. The maximum absolute atomic E-state index is 12.2. The van der Waals surface area contributed by atoms with Crippen LogP contribution in [0.2, 0.25) is 0 Å². The summed E-state index contributed by atoms with van der Waals surface area (Å²) < 4.78 is 11.4. The Bertz CT molecular complexity index is 695. The lowest BCUT2D eigenvalue weighted by Gasteiger charge is -2.11. The summed E-state index contributed by atoms with van der Waals surface area (Å²) in [6.07, 6.45) is 0.629. The van der Waals surface area contributed by atoms with Crippen molar-refractivity contribution in [2.75, 3.05) is 7.11 Å². The van der Waals surface area contributed by atoms with Gasteiger partial charge in [-0.05, 0) is 59.3 Å². The molecule has 0 radical (unpaired) electrons. The molecule has 0 saturated carbocycles. The third-order valence-corrected chi connectivity index (χ3v) is 4.12. The summed E-state index contributed by atoms with van der Waals surface area (Å²) in [5, 5.41) is 0. The van der Waals surface area contributed by atoms with Crippen LogP contribution in [0, 0.1) is 10.5 Å². The van der Waals surface area contributed by atoms with Crippen molar-refractivity contribution in [1.82, 2.24) is 0 Å². The Kier molecular flexibility index (Phi) is 4.95. The van der Waals surface area contributed by atoms with E-state index in [1.807, 2.05) is 13.0 Å². The number of rotatable bonds is 4. The minimum Gasteiger partial charge on any atom is -0.493 e. The van der Waals surface area contributed by atoms with Crippen LogP contribution < -0.4 is 9.47 Å². The van der Waals surface area contributed by atoms with Gasteiger partial charge in [0.15, 0.2) is 17.8 Å². The largest absolute Gasteiger partial charge is 0.493 e. The van der Waals surface area contributed by atoms with Crippen molar-refractivity contribution < 1.29 is 19.1 Å². The number of ether oxygens (including phenoxy) is 2. The fraction of sp³-hybridized carbons (Fsp3) is 0.125. The van der Waals surface area contributed by atoms with E-state index in [9.17, 15) is 9.59 Å². The Morgan fingerprint density at radius 1 is 1.24 bits per heavy atom. The fourth-order valence-electron chi connectivity index (χ4n) is 1.77. The molecule has 0 N–H and O–H groups in total. The molecule has 0 unspecified atom stereocenters. The molecule has 4 nitrogen and oxygen atoms in total. The number of esters is 1. The summed E-state index contributed by atoms with van der Waals surface area (Å²) in [6, 6.07) is 10.1. The molecule has 108 valence electrons. The first-order valence-electron chi connectivity index (χ1n) is 6.17. The van der Waals surface area contributed by atoms with Gasteiger partial charge in [-0.2, -0.15) is 0 Å². The van der Waals surface area contributed by atoms with Gasteiger partial charge in [-0.3, -0.25) is 4.79 Å². The van der Waals surface area contributed by atoms with E-state index in [0.29, 0.717) is 17.6 Å². The van der Waals surface area contributed by atoms with E-state index in [2.05, 4.69) is 22.6 Å². The summed E-state index contributed by atoms with van der Waals surface area (Å²) in [6.45, 7) is 1.96. The predicted molar refractivity (Wildman–Crippen MR) is 87.2 cm³/mol. The Hall–Kier alpha value is -1.89. The predicted octanol–water partition coefficient (Wildman–Crippen LogP) is 3.64. The molecule has 5 heteroatoms. The number of hydrogen-bond acceptors (Lipinski definition) is 4. The second-order valence-electron chi connectivity index (χ2n) is 4.35. The molecule has 0 amide bonds. The van der Waals surface area contributed by atoms with Gasteiger partial charge in [-0.15, -0.1) is 0 Å². The van der Waals surface area contributed by atoms with Crippen molar-refractivity contribution in [3.05, 3.63) is 56.7 Å². The van der Waals surface area contributed by atoms with E-state index in [1.165, 1.54) is 7.11 Å². The molecule has 2 rings (SSSR count). The Balaban J connectivity index is 2.35. The molecule has 0 aliphatic heterocycles. The first-order valence-corrected chi connectivity index (χ1v) is 7.25. The number of hydrogen-bond donors (Lipinski definition) is 0. The fourth-order valence-corrected chi connectivity index (χ4v) is 2.28. The van der Waals surface area contributed by atoms with Crippen molar-refractivity contribution in [1.29, 1.82) is 0 Å². The second kappa shape index (κ2) is 6.71. The van der Waals surface area contributed by atoms with Crippen molar-refractivity contribution >= 4 is 34.8 Å². The van der Waals surface area contributed by atoms with E-state index < -0.39 is 5.97 Å². The lowest BCUT2D eigenvalue weighted by molar-refractivity contribution is 0.0728. The smallest absolute Gasteiger partial charge is 0.343 e. The molecular formula is C16H13IO4. The number of para-hydroxylation sites is 1. The van der Waals surface area contributed by atoms with Crippen LogP contribution in [0.5, 0.6) is 11.5 Å². The van der Waals surface area contributed by atoms with Crippen LogP contribution in [0.3, 0.4) is 0 Å². The molecule has 0 fully saturated rings. The number of carbonyl (C=O) groups is 2. The van der Waals surface area contributed by atoms with Crippen LogP contribution in [0.25, 0.3) is 0 Å². The molecule has 2 aromatic carbocycles. The minimum atomic E-state index is -0.527. The molecule has 21 heavy (non-hydrogen) atoms. The number of benzene rings is 2. The highest BCUT2D eigenvalue weighted by Crippen LogP contribution is 2.30. The van der Waals surface area contributed by atoms with Crippen molar-refractivity contribution in [2.24, 2.45) is 0 Å². The van der Waals surface area contributed by atoms with E-state index in [-0.39, 0.29) is 11.3 Å². The summed E-state index contributed by atoms with van der Waals surface area (Å²) in [5.74, 6) is -0.0501. The Morgan fingerprint density at radius 2 is 2.00 bits per heavy atom. The molecule has 0 bridgehead atoms. The molecule has 0 saturated heterocycles. The quantitative estimate of drug-likeness (QED) is 0.343. The van der Waals surface area contributed by atoms with Crippen LogP contribution in [0.4, 0.5) is 0 Å². The van der Waals surface area contributed by atoms with Gasteiger partial charge >= 0.3 is 5.97 Å². The SMILES string of the molecule is COc1cccc(C=O)c1OC(=O)c1ccc(C)c(I)c1. The van der Waals surface area contributed by atoms with Crippen LogP contribution in [0.15, 0.2) is 36.4 Å². The molecule has 0 aliphatic carbocycles. The Morgan fingerprint density at radius 3 is 2.62 bits per heavy atom. The lowest BCUT2D eigenvalue weighted by Crippen LogP contribution is -2.11. The van der Waals surface area contributed by atoms with Crippen LogP contribution in [-0.2, 0) is 0 Å². The average molecular weight is 396 g/mol. The molecule has 0 aromatic heterocycles. The zero-order valence-corrected chi connectivity index (χ0v) is 13.7. The highest BCUT2D eigenvalue weighted by molar-refractivity contribution is 14.1. The van der Waals surface area contributed by atoms with E-state index >= 15 is 0 Å². The first kappa shape index (κ1) is 15.5. The van der Waals surface area contributed by atoms with Gasteiger partial charge in [-0.1, -0.05) is 12.1 Å². The number of aldehydes is 1. The van der Waals surface area contributed by atoms with Crippen molar-refractivity contribution in [3.63, 3.8) is 0 Å². The van der Waals surface area contributed by atoms with Crippen LogP contribution in [-0.4, -0.2) is 19.4 Å². The third kappa shape index (κ3) is 3.41.